The lowest BCUT2D eigenvalue weighted by Gasteiger charge is -2.32. The van der Waals surface area contributed by atoms with Crippen LogP contribution in [0.3, 0.4) is 0 Å². The Morgan fingerprint density at radius 2 is 1.72 bits per heavy atom. The van der Waals surface area contributed by atoms with Gasteiger partial charge in [0, 0.05) is 38.2 Å². The summed E-state index contributed by atoms with van der Waals surface area (Å²) in [5, 5.41) is 6.26. The monoisotopic (exact) mass is 488 g/mol. The molecule has 0 radical (unpaired) electrons. The number of aryl methyl sites for hydroxylation is 1. The second-order valence-electron chi connectivity index (χ2n) is 10.4. The van der Waals surface area contributed by atoms with Gasteiger partial charge in [-0.2, -0.15) is 0 Å². The Bertz CT molecular complexity index is 1120. The van der Waals surface area contributed by atoms with Crippen LogP contribution in [0.4, 0.5) is 11.4 Å². The maximum Gasteiger partial charge on any atom is 0.254 e. The third-order valence-electron chi connectivity index (χ3n) is 7.84. The van der Waals surface area contributed by atoms with E-state index in [0.29, 0.717) is 42.4 Å². The maximum absolute atomic E-state index is 13.8. The Hall–Kier alpha value is -3.19. The quantitative estimate of drug-likeness (QED) is 0.653. The zero-order chi connectivity index (χ0) is 25.1. The Labute approximate surface area is 213 Å². The highest BCUT2D eigenvalue weighted by atomic mass is 16.2. The van der Waals surface area contributed by atoms with Crippen molar-refractivity contribution in [2.45, 2.75) is 57.9 Å². The first-order valence-corrected chi connectivity index (χ1v) is 13.3. The molecule has 3 amide bonds. The Balaban J connectivity index is 1.49. The Morgan fingerprint density at radius 3 is 2.44 bits per heavy atom. The van der Waals surface area contributed by atoms with Crippen molar-refractivity contribution in [2.24, 2.45) is 5.92 Å². The molecule has 1 aliphatic carbocycles. The van der Waals surface area contributed by atoms with Crippen LogP contribution in [-0.2, 0) is 9.59 Å². The predicted molar refractivity (Wildman–Crippen MR) is 141 cm³/mol. The standard InChI is InChI=1S/C29H36N4O3/c1-20-6-9-22(10-7-20)26-19-27(34)31-24-18-23(29(36)32-16-14-30-15-17-32)11-12-25(24)33(26)28(35)13-8-21-4-2-3-5-21/h6-7,9-12,18,21,26,30H,2-5,8,13-17,19H2,1H3,(H,31,34). The summed E-state index contributed by atoms with van der Waals surface area (Å²) in [6.07, 6.45) is 6.41. The molecule has 36 heavy (non-hydrogen) atoms. The van der Waals surface area contributed by atoms with Crippen molar-refractivity contribution >= 4 is 29.1 Å². The van der Waals surface area contributed by atoms with Gasteiger partial charge >= 0.3 is 0 Å². The number of benzene rings is 2. The largest absolute Gasteiger partial charge is 0.336 e. The molecule has 3 aliphatic rings. The third kappa shape index (κ3) is 5.31. The van der Waals surface area contributed by atoms with Crippen LogP contribution in [0.5, 0.6) is 0 Å². The summed E-state index contributed by atoms with van der Waals surface area (Å²) >= 11 is 0. The van der Waals surface area contributed by atoms with Gasteiger partial charge in [0.2, 0.25) is 11.8 Å². The molecule has 0 bridgehead atoms. The van der Waals surface area contributed by atoms with Crippen LogP contribution >= 0.6 is 0 Å². The van der Waals surface area contributed by atoms with Crippen LogP contribution in [0.15, 0.2) is 42.5 Å². The number of amides is 3. The number of carbonyl (C=O) groups is 3. The van der Waals surface area contributed by atoms with E-state index < -0.39 is 6.04 Å². The third-order valence-corrected chi connectivity index (χ3v) is 7.84. The number of anilines is 2. The minimum absolute atomic E-state index is 0.0337. The van der Waals surface area contributed by atoms with Crippen LogP contribution in [-0.4, -0.2) is 48.8 Å². The molecule has 2 N–H and O–H groups in total. The average Bonchev–Trinajstić information content (AvgIpc) is 3.37. The van der Waals surface area contributed by atoms with Crippen molar-refractivity contribution in [1.82, 2.24) is 10.2 Å². The van der Waals surface area contributed by atoms with E-state index in [1.54, 1.807) is 12.1 Å². The van der Waals surface area contributed by atoms with E-state index in [1.165, 1.54) is 25.7 Å². The van der Waals surface area contributed by atoms with Crippen LogP contribution in [0.2, 0.25) is 0 Å². The fourth-order valence-electron chi connectivity index (χ4n) is 5.78. The molecule has 2 aromatic rings. The highest BCUT2D eigenvalue weighted by molar-refractivity contribution is 6.06. The number of piperazine rings is 1. The molecule has 1 saturated heterocycles. The van der Waals surface area contributed by atoms with E-state index in [2.05, 4.69) is 10.6 Å². The lowest BCUT2D eigenvalue weighted by molar-refractivity contribution is -0.119. The van der Waals surface area contributed by atoms with Crippen LogP contribution in [0.1, 0.15) is 72.5 Å². The molecule has 2 aromatic carbocycles. The molecule has 1 atom stereocenters. The topological polar surface area (TPSA) is 81.8 Å². The summed E-state index contributed by atoms with van der Waals surface area (Å²) in [6, 6.07) is 13.1. The number of hydrogen-bond acceptors (Lipinski definition) is 4. The number of nitrogens with zero attached hydrogens (tertiary/aromatic N) is 2. The molecular formula is C29H36N4O3. The fourth-order valence-corrected chi connectivity index (χ4v) is 5.78. The van der Waals surface area contributed by atoms with Gasteiger partial charge in [-0.15, -0.1) is 0 Å². The van der Waals surface area contributed by atoms with Gasteiger partial charge in [-0.1, -0.05) is 55.5 Å². The average molecular weight is 489 g/mol. The minimum Gasteiger partial charge on any atom is -0.336 e. The van der Waals surface area contributed by atoms with Gasteiger partial charge in [-0.25, -0.2) is 0 Å². The van der Waals surface area contributed by atoms with Gasteiger partial charge in [0.15, 0.2) is 0 Å². The molecule has 7 nitrogen and oxygen atoms in total. The SMILES string of the molecule is Cc1ccc(C2CC(=O)Nc3cc(C(=O)N4CCNCC4)ccc3N2C(=O)CCC2CCCC2)cc1. The molecule has 5 rings (SSSR count). The normalized spacial score (nSPS) is 20.6. The summed E-state index contributed by atoms with van der Waals surface area (Å²) < 4.78 is 0. The smallest absolute Gasteiger partial charge is 0.254 e. The Morgan fingerprint density at radius 1 is 1.00 bits per heavy atom. The van der Waals surface area contributed by atoms with Gasteiger partial charge in [0.25, 0.3) is 5.91 Å². The van der Waals surface area contributed by atoms with Gasteiger partial charge in [-0.3, -0.25) is 14.4 Å². The van der Waals surface area contributed by atoms with Gasteiger partial charge in [0.05, 0.1) is 23.8 Å². The van der Waals surface area contributed by atoms with Crippen LogP contribution in [0, 0.1) is 12.8 Å². The summed E-state index contributed by atoms with van der Waals surface area (Å²) in [6.45, 7) is 4.89. The number of carbonyl (C=O) groups excluding carboxylic acids is 3. The van der Waals surface area contributed by atoms with E-state index in [9.17, 15) is 14.4 Å². The van der Waals surface area contributed by atoms with Crippen LogP contribution in [0.25, 0.3) is 0 Å². The maximum atomic E-state index is 13.8. The Kier molecular flexibility index (Phi) is 7.37. The molecule has 0 spiro atoms. The molecule has 2 fully saturated rings. The first-order valence-electron chi connectivity index (χ1n) is 13.3. The molecule has 1 saturated carbocycles. The molecule has 2 aliphatic heterocycles. The van der Waals surface area contributed by atoms with Gasteiger partial charge in [-0.05, 0) is 43.0 Å². The second-order valence-corrected chi connectivity index (χ2v) is 10.4. The molecule has 2 heterocycles. The summed E-state index contributed by atoms with van der Waals surface area (Å²) in [5.41, 5.74) is 3.80. The van der Waals surface area contributed by atoms with Crippen molar-refractivity contribution in [3.63, 3.8) is 0 Å². The van der Waals surface area contributed by atoms with E-state index in [4.69, 9.17) is 0 Å². The van der Waals surface area contributed by atoms with Crippen molar-refractivity contribution < 1.29 is 14.4 Å². The highest BCUT2D eigenvalue weighted by Gasteiger charge is 2.34. The van der Waals surface area contributed by atoms with Crippen molar-refractivity contribution in [1.29, 1.82) is 0 Å². The van der Waals surface area contributed by atoms with Crippen molar-refractivity contribution in [2.75, 3.05) is 36.4 Å². The van der Waals surface area contributed by atoms with Gasteiger partial charge < -0.3 is 20.4 Å². The molecule has 0 aromatic heterocycles. The van der Waals surface area contributed by atoms with Crippen molar-refractivity contribution in [3.05, 3.63) is 59.2 Å². The zero-order valence-corrected chi connectivity index (χ0v) is 21.1. The van der Waals surface area contributed by atoms with E-state index in [1.807, 2.05) is 47.1 Å². The minimum atomic E-state index is -0.391. The summed E-state index contributed by atoms with van der Waals surface area (Å²) in [4.78, 5) is 43.6. The second kappa shape index (κ2) is 10.8. The van der Waals surface area contributed by atoms with E-state index >= 15 is 0 Å². The van der Waals surface area contributed by atoms with Crippen LogP contribution < -0.4 is 15.5 Å². The number of fused-ring (bicyclic) bond motifs is 1. The van der Waals surface area contributed by atoms with E-state index in [-0.39, 0.29) is 24.1 Å². The molecule has 190 valence electrons. The molecule has 7 heteroatoms. The molecular weight excluding hydrogens is 452 g/mol. The fraction of sp³-hybridized carbons (Fsp3) is 0.483. The first-order chi connectivity index (χ1) is 17.5. The van der Waals surface area contributed by atoms with Gasteiger partial charge in [0.1, 0.15) is 0 Å². The lowest BCUT2D eigenvalue weighted by Crippen LogP contribution is -2.46. The first kappa shape index (κ1) is 24.5. The summed E-state index contributed by atoms with van der Waals surface area (Å²) in [5.74, 6) is 0.440. The molecule has 1 unspecified atom stereocenters. The number of nitrogens with one attached hydrogen (secondary N) is 2. The summed E-state index contributed by atoms with van der Waals surface area (Å²) in [7, 11) is 0. The van der Waals surface area contributed by atoms with Crippen molar-refractivity contribution in [3.8, 4) is 0 Å². The lowest BCUT2D eigenvalue weighted by atomic mass is 9.97. The number of rotatable bonds is 5. The zero-order valence-electron chi connectivity index (χ0n) is 21.1. The number of hydrogen-bond donors (Lipinski definition) is 2. The highest BCUT2D eigenvalue weighted by Crippen LogP contribution is 2.40. The van der Waals surface area contributed by atoms with E-state index in [0.717, 1.165) is 30.6 Å². The predicted octanol–water partition coefficient (Wildman–Crippen LogP) is 4.43.